The van der Waals surface area contributed by atoms with Crippen LogP contribution < -0.4 is 4.90 Å². The number of amidine groups is 1. The lowest BCUT2D eigenvalue weighted by atomic mass is 10.1. The molecule has 1 amide bonds. The highest BCUT2D eigenvalue weighted by Crippen LogP contribution is 2.40. The van der Waals surface area contributed by atoms with Gasteiger partial charge in [0, 0.05) is 10.9 Å². The number of carbonyl (C=O) groups is 1. The summed E-state index contributed by atoms with van der Waals surface area (Å²) in [5.41, 5.74) is 2.94. The van der Waals surface area contributed by atoms with E-state index in [0.717, 1.165) is 16.8 Å². The Morgan fingerprint density at radius 3 is 2.52 bits per heavy atom. The molecule has 2 aromatic carbocycles. The first-order valence-electron chi connectivity index (χ1n) is 8.80. The molecule has 2 heterocycles. The number of anilines is 1. The number of thioether (sulfide) groups is 1. The molecule has 2 aliphatic rings. The van der Waals surface area contributed by atoms with Gasteiger partial charge in [-0.15, -0.1) is 0 Å². The van der Waals surface area contributed by atoms with Crippen molar-refractivity contribution >= 4 is 38.4 Å². The van der Waals surface area contributed by atoms with Crippen molar-refractivity contribution < 1.29 is 13.2 Å². The maximum Gasteiger partial charge on any atom is 0.252 e. The zero-order valence-electron chi connectivity index (χ0n) is 14.9. The van der Waals surface area contributed by atoms with Crippen LogP contribution in [-0.4, -0.2) is 42.3 Å². The van der Waals surface area contributed by atoms with E-state index in [9.17, 15) is 13.2 Å². The van der Waals surface area contributed by atoms with Gasteiger partial charge in [-0.3, -0.25) is 4.79 Å². The number of hydrogen-bond donors (Lipinski definition) is 0. The van der Waals surface area contributed by atoms with Crippen LogP contribution in [0, 0.1) is 6.92 Å². The van der Waals surface area contributed by atoms with Crippen LogP contribution in [0.5, 0.6) is 0 Å². The summed E-state index contributed by atoms with van der Waals surface area (Å²) in [6, 6.07) is 17.2. The zero-order chi connectivity index (χ0) is 19.0. The fourth-order valence-corrected chi connectivity index (χ4v) is 7.41. The third-order valence-corrected chi connectivity index (χ3v) is 8.01. The lowest BCUT2D eigenvalue weighted by Gasteiger charge is -2.24. The average Bonchev–Trinajstić information content (AvgIpc) is 3.08. The Balaban J connectivity index is 1.61. The van der Waals surface area contributed by atoms with Crippen molar-refractivity contribution in [2.24, 2.45) is 4.99 Å². The van der Waals surface area contributed by atoms with Crippen molar-refractivity contribution in [1.82, 2.24) is 0 Å². The molecule has 2 aromatic rings. The maximum atomic E-state index is 12.5. The second kappa shape index (κ2) is 7.13. The third-order valence-electron chi connectivity index (χ3n) is 4.80. The number of aliphatic imine (C=N–C) groups is 1. The van der Waals surface area contributed by atoms with Gasteiger partial charge in [0.1, 0.15) is 0 Å². The molecule has 27 heavy (non-hydrogen) atoms. The van der Waals surface area contributed by atoms with Gasteiger partial charge >= 0.3 is 0 Å². The summed E-state index contributed by atoms with van der Waals surface area (Å²) in [7, 11) is -3.05. The number of sulfone groups is 1. The van der Waals surface area contributed by atoms with E-state index < -0.39 is 9.84 Å². The number of rotatable bonds is 3. The molecular weight excluding hydrogens is 380 g/mol. The normalized spacial score (nSPS) is 24.9. The Kier molecular flexibility index (Phi) is 4.82. The summed E-state index contributed by atoms with van der Waals surface area (Å²) in [5.74, 6) is 0.0202. The van der Waals surface area contributed by atoms with E-state index in [1.54, 1.807) is 0 Å². The summed E-state index contributed by atoms with van der Waals surface area (Å²) in [6.07, 6.45) is 0.237. The number of amides is 1. The Morgan fingerprint density at radius 2 is 1.81 bits per heavy atom. The highest BCUT2D eigenvalue weighted by molar-refractivity contribution is 8.16. The van der Waals surface area contributed by atoms with Gasteiger partial charge in [-0.2, -0.15) is 4.99 Å². The average molecular weight is 401 g/mol. The topological polar surface area (TPSA) is 66.8 Å². The molecule has 0 aromatic heterocycles. The molecule has 0 saturated carbocycles. The molecular formula is C20H20N2O3S2. The fourth-order valence-electron chi connectivity index (χ4n) is 3.48. The summed E-state index contributed by atoms with van der Waals surface area (Å²) in [6.45, 7) is 2.01. The highest BCUT2D eigenvalue weighted by Gasteiger charge is 2.49. The summed E-state index contributed by atoms with van der Waals surface area (Å²) < 4.78 is 24.1. The monoisotopic (exact) mass is 400 g/mol. The minimum Gasteiger partial charge on any atom is -0.316 e. The summed E-state index contributed by atoms with van der Waals surface area (Å²) in [5, 5.41) is 0.518. The second-order valence-corrected chi connectivity index (χ2v) is 10.3. The predicted molar refractivity (Wildman–Crippen MR) is 110 cm³/mol. The first-order chi connectivity index (χ1) is 12.9. The standard InChI is InChI=1S/C20H20N2O3S2/c1-14-7-9-15(10-8-14)11-19(23)21-20-22(16-5-3-2-4-6-16)17-12-27(24,25)13-18(17)26-20/h2-10,17-18H,11-13H2,1H3/t17-,18-/m0/s1. The minimum absolute atomic E-state index is 0.0823. The number of benzene rings is 2. The predicted octanol–water partition coefficient (Wildman–Crippen LogP) is 2.84. The van der Waals surface area contributed by atoms with Crippen molar-refractivity contribution in [3.05, 3.63) is 65.7 Å². The molecule has 7 heteroatoms. The number of hydrogen-bond acceptors (Lipinski definition) is 4. The molecule has 2 atom stereocenters. The summed E-state index contributed by atoms with van der Waals surface area (Å²) in [4.78, 5) is 18.8. The fraction of sp³-hybridized carbons (Fsp3) is 0.300. The maximum absolute atomic E-state index is 12.5. The van der Waals surface area contributed by atoms with E-state index in [2.05, 4.69) is 4.99 Å². The molecule has 2 aliphatic heterocycles. The lowest BCUT2D eigenvalue weighted by molar-refractivity contribution is -0.117. The van der Waals surface area contributed by atoms with E-state index in [-0.39, 0.29) is 35.1 Å². The van der Waals surface area contributed by atoms with Crippen LogP contribution in [0.2, 0.25) is 0 Å². The van der Waals surface area contributed by atoms with Crippen molar-refractivity contribution in [3.63, 3.8) is 0 Å². The van der Waals surface area contributed by atoms with Crippen molar-refractivity contribution in [3.8, 4) is 0 Å². The van der Waals surface area contributed by atoms with Crippen molar-refractivity contribution in [1.29, 1.82) is 0 Å². The largest absolute Gasteiger partial charge is 0.316 e. The molecule has 4 rings (SSSR count). The Bertz CT molecular complexity index is 986. The zero-order valence-corrected chi connectivity index (χ0v) is 16.5. The van der Waals surface area contributed by atoms with E-state index in [1.807, 2.05) is 66.4 Å². The molecule has 0 radical (unpaired) electrons. The van der Waals surface area contributed by atoms with E-state index in [0.29, 0.717) is 5.17 Å². The smallest absolute Gasteiger partial charge is 0.252 e. The third kappa shape index (κ3) is 3.94. The molecule has 140 valence electrons. The first kappa shape index (κ1) is 18.3. The van der Waals surface area contributed by atoms with Gasteiger partial charge in [0.2, 0.25) is 0 Å². The summed E-state index contributed by atoms with van der Waals surface area (Å²) >= 11 is 1.40. The Hall–Kier alpha value is -2.12. The molecule has 0 bridgehead atoms. The molecule has 2 fully saturated rings. The van der Waals surface area contributed by atoms with Crippen LogP contribution in [0.15, 0.2) is 59.6 Å². The highest BCUT2D eigenvalue weighted by atomic mass is 32.2. The molecule has 0 N–H and O–H groups in total. The number of para-hydroxylation sites is 1. The van der Waals surface area contributed by atoms with Crippen LogP contribution >= 0.6 is 11.8 Å². The second-order valence-electron chi connectivity index (χ2n) is 6.96. The number of fused-ring (bicyclic) bond motifs is 1. The van der Waals surface area contributed by atoms with Crippen molar-refractivity contribution in [2.75, 3.05) is 16.4 Å². The SMILES string of the molecule is Cc1ccc(CC(=O)N=C2S[C@H]3CS(=O)(=O)C[C@@H]3N2c2ccccc2)cc1. The quantitative estimate of drug-likeness (QED) is 0.793. The van der Waals surface area contributed by atoms with Crippen LogP contribution in [0.25, 0.3) is 0 Å². The number of aryl methyl sites for hydroxylation is 1. The molecule has 0 spiro atoms. The van der Waals surface area contributed by atoms with Crippen LogP contribution in [0.1, 0.15) is 11.1 Å². The van der Waals surface area contributed by atoms with Gasteiger partial charge in [0.05, 0.1) is 24.0 Å². The van der Waals surface area contributed by atoms with Crippen LogP contribution in [0.4, 0.5) is 5.69 Å². The minimum atomic E-state index is -3.05. The molecule has 5 nitrogen and oxygen atoms in total. The van der Waals surface area contributed by atoms with Gasteiger partial charge in [-0.25, -0.2) is 8.42 Å². The van der Waals surface area contributed by atoms with Crippen molar-refractivity contribution in [2.45, 2.75) is 24.6 Å². The lowest BCUT2D eigenvalue weighted by Crippen LogP contribution is -2.37. The van der Waals surface area contributed by atoms with Gasteiger partial charge in [-0.05, 0) is 24.6 Å². The molecule has 0 unspecified atom stereocenters. The van der Waals surface area contributed by atoms with Gasteiger partial charge in [-0.1, -0.05) is 59.8 Å². The van der Waals surface area contributed by atoms with E-state index in [4.69, 9.17) is 0 Å². The van der Waals surface area contributed by atoms with Gasteiger partial charge < -0.3 is 4.90 Å². The molecule has 0 aliphatic carbocycles. The number of carbonyl (C=O) groups excluding carboxylic acids is 1. The van der Waals surface area contributed by atoms with Gasteiger partial charge in [0.15, 0.2) is 15.0 Å². The van der Waals surface area contributed by atoms with E-state index in [1.165, 1.54) is 11.8 Å². The van der Waals surface area contributed by atoms with Gasteiger partial charge in [0.25, 0.3) is 5.91 Å². The number of nitrogens with zero attached hydrogens (tertiary/aromatic N) is 2. The first-order valence-corrected chi connectivity index (χ1v) is 11.5. The van der Waals surface area contributed by atoms with E-state index >= 15 is 0 Å². The Labute approximate surface area is 163 Å². The Morgan fingerprint density at radius 1 is 1.11 bits per heavy atom. The van der Waals surface area contributed by atoms with Crippen LogP contribution in [0.3, 0.4) is 0 Å². The molecule has 2 saturated heterocycles. The van der Waals surface area contributed by atoms with Crippen LogP contribution in [-0.2, 0) is 21.1 Å².